The average molecular weight is 421 g/mol. The van der Waals surface area contributed by atoms with Gasteiger partial charge in [0, 0.05) is 18.5 Å². The van der Waals surface area contributed by atoms with Crippen LogP contribution >= 0.6 is 0 Å². The maximum Gasteiger partial charge on any atom is 0.255 e. The number of hydrogen-bond donors (Lipinski definition) is 3. The summed E-state index contributed by atoms with van der Waals surface area (Å²) in [6, 6.07) is 16.8. The molecule has 0 fully saturated rings. The number of anilines is 1. The van der Waals surface area contributed by atoms with E-state index < -0.39 is 0 Å². The van der Waals surface area contributed by atoms with Crippen molar-refractivity contribution in [1.29, 1.82) is 0 Å². The van der Waals surface area contributed by atoms with Crippen LogP contribution in [-0.4, -0.2) is 31.4 Å². The Hall–Kier alpha value is -4.07. The molecule has 3 amide bonds. The molecule has 8 nitrogen and oxygen atoms in total. The highest BCUT2D eigenvalue weighted by molar-refractivity contribution is 6.09. The molecule has 0 aliphatic heterocycles. The summed E-state index contributed by atoms with van der Waals surface area (Å²) in [6.07, 6.45) is 1.65. The SMILES string of the molecule is COc1ccc(C(=O)Nc2ccccc2C(=O)NCCC(=O)NCc2ccco2)cc1. The van der Waals surface area contributed by atoms with Crippen LogP contribution in [0.3, 0.4) is 0 Å². The zero-order valence-electron chi connectivity index (χ0n) is 17.0. The molecule has 0 aliphatic carbocycles. The summed E-state index contributed by atoms with van der Waals surface area (Å²) in [5.74, 6) is 0.353. The monoisotopic (exact) mass is 421 g/mol. The zero-order chi connectivity index (χ0) is 22.1. The number of para-hydroxylation sites is 1. The summed E-state index contributed by atoms with van der Waals surface area (Å²) in [5.41, 5.74) is 1.12. The zero-order valence-corrected chi connectivity index (χ0v) is 17.0. The van der Waals surface area contributed by atoms with Gasteiger partial charge in [-0.3, -0.25) is 14.4 Å². The molecular formula is C23H23N3O5. The van der Waals surface area contributed by atoms with Gasteiger partial charge in [-0.25, -0.2) is 0 Å². The van der Waals surface area contributed by atoms with E-state index in [4.69, 9.17) is 9.15 Å². The predicted octanol–water partition coefficient (Wildman–Crippen LogP) is 2.98. The number of furan rings is 1. The Morgan fingerprint density at radius 3 is 2.39 bits per heavy atom. The molecule has 0 saturated heterocycles. The van der Waals surface area contributed by atoms with Crippen LogP contribution in [0.5, 0.6) is 5.75 Å². The molecule has 0 spiro atoms. The Kier molecular flexibility index (Phi) is 7.42. The van der Waals surface area contributed by atoms with Gasteiger partial charge in [0.05, 0.1) is 31.2 Å². The number of benzene rings is 2. The number of carbonyl (C=O) groups is 3. The lowest BCUT2D eigenvalue weighted by Gasteiger charge is -2.12. The molecule has 160 valence electrons. The van der Waals surface area contributed by atoms with Crippen molar-refractivity contribution in [2.24, 2.45) is 0 Å². The number of carbonyl (C=O) groups excluding carboxylic acids is 3. The first-order chi connectivity index (χ1) is 15.1. The fourth-order valence-corrected chi connectivity index (χ4v) is 2.80. The molecule has 0 unspecified atom stereocenters. The first kappa shape index (κ1) is 21.6. The molecule has 1 aromatic heterocycles. The Morgan fingerprint density at radius 2 is 1.68 bits per heavy atom. The van der Waals surface area contributed by atoms with Gasteiger partial charge >= 0.3 is 0 Å². The van der Waals surface area contributed by atoms with Gasteiger partial charge in [0.25, 0.3) is 11.8 Å². The first-order valence-corrected chi connectivity index (χ1v) is 9.68. The standard InChI is InChI=1S/C23H23N3O5/c1-30-17-10-8-16(9-11-17)22(28)26-20-7-3-2-6-19(20)23(29)24-13-12-21(27)25-15-18-5-4-14-31-18/h2-11,14H,12-13,15H2,1H3,(H,24,29)(H,25,27)(H,26,28). The summed E-state index contributed by atoms with van der Waals surface area (Å²) in [7, 11) is 1.55. The van der Waals surface area contributed by atoms with E-state index in [1.165, 1.54) is 6.26 Å². The molecule has 0 aliphatic rings. The van der Waals surface area contributed by atoms with Crippen molar-refractivity contribution in [2.75, 3.05) is 19.0 Å². The first-order valence-electron chi connectivity index (χ1n) is 9.68. The molecule has 3 N–H and O–H groups in total. The third kappa shape index (κ3) is 6.20. The van der Waals surface area contributed by atoms with Gasteiger partial charge in [0.2, 0.25) is 5.91 Å². The van der Waals surface area contributed by atoms with Gasteiger partial charge in [0.15, 0.2) is 0 Å². The number of hydrogen-bond acceptors (Lipinski definition) is 5. The molecule has 2 aromatic carbocycles. The van der Waals surface area contributed by atoms with Crippen LogP contribution in [-0.2, 0) is 11.3 Å². The average Bonchev–Trinajstić information content (AvgIpc) is 3.32. The van der Waals surface area contributed by atoms with Crippen molar-refractivity contribution in [3.05, 3.63) is 83.8 Å². The van der Waals surface area contributed by atoms with E-state index >= 15 is 0 Å². The number of methoxy groups -OCH3 is 1. The molecular weight excluding hydrogens is 398 g/mol. The minimum atomic E-state index is -0.385. The normalized spacial score (nSPS) is 10.2. The third-order valence-electron chi connectivity index (χ3n) is 4.45. The number of rotatable bonds is 9. The smallest absolute Gasteiger partial charge is 0.255 e. The van der Waals surface area contributed by atoms with Gasteiger partial charge < -0.3 is 25.1 Å². The van der Waals surface area contributed by atoms with Gasteiger partial charge in [-0.05, 0) is 48.5 Å². The van der Waals surface area contributed by atoms with Crippen molar-refractivity contribution >= 4 is 23.4 Å². The van der Waals surface area contributed by atoms with E-state index in [1.54, 1.807) is 67.8 Å². The van der Waals surface area contributed by atoms with Crippen LogP contribution in [0.4, 0.5) is 5.69 Å². The van der Waals surface area contributed by atoms with Gasteiger partial charge in [-0.1, -0.05) is 12.1 Å². The lowest BCUT2D eigenvalue weighted by atomic mass is 10.1. The van der Waals surface area contributed by atoms with E-state index in [2.05, 4.69) is 16.0 Å². The van der Waals surface area contributed by atoms with Crippen LogP contribution in [0.1, 0.15) is 32.9 Å². The van der Waals surface area contributed by atoms with Crippen molar-refractivity contribution in [2.45, 2.75) is 13.0 Å². The van der Waals surface area contributed by atoms with Crippen LogP contribution < -0.4 is 20.7 Å². The molecule has 0 saturated carbocycles. The maximum atomic E-state index is 12.6. The number of ether oxygens (including phenoxy) is 1. The second-order valence-corrected chi connectivity index (χ2v) is 6.59. The molecule has 3 aromatic rings. The Morgan fingerprint density at radius 1 is 0.903 bits per heavy atom. The van der Waals surface area contributed by atoms with Crippen LogP contribution in [0.15, 0.2) is 71.3 Å². The molecule has 1 heterocycles. The third-order valence-corrected chi connectivity index (χ3v) is 4.45. The summed E-state index contributed by atoms with van der Waals surface area (Å²) in [4.78, 5) is 37.0. The molecule has 3 rings (SSSR count). The van der Waals surface area contributed by atoms with Crippen LogP contribution in [0, 0.1) is 0 Å². The minimum Gasteiger partial charge on any atom is -0.497 e. The highest BCUT2D eigenvalue weighted by atomic mass is 16.5. The second-order valence-electron chi connectivity index (χ2n) is 6.59. The highest BCUT2D eigenvalue weighted by Gasteiger charge is 2.14. The molecule has 8 heteroatoms. The Bertz CT molecular complexity index is 1030. The van der Waals surface area contributed by atoms with Crippen LogP contribution in [0.2, 0.25) is 0 Å². The Balaban J connectivity index is 1.53. The minimum absolute atomic E-state index is 0.118. The van der Waals surface area contributed by atoms with E-state index in [-0.39, 0.29) is 30.7 Å². The van der Waals surface area contributed by atoms with Gasteiger partial charge in [-0.2, -0.15) is 0 Å². The topological polar surface area (TPSA) is 110 Å². The number of amides is 3. The van der Waals surface area contributed by atoms with Crippen molar-refractivity contribution < 1.29 is 23.5 Å². The fourth-order valence-electron chi connectivity index (χ4n) is 2.80. The van der Waals surface area contributed by atoms with E-state index in [1.807, 2.05) is 0 Å². The van der Waals surface area contributed by atoms with Gasteiger partial charge in [0.1, 0.15) is 11.5 Å². The summed E-state index contributed by atoms with van der Waals surface area (Å²) < 4.78 is 10.2. The lowest BCUT2D eigenvalue weighted by molar-refractivity contribution is -0.121. The van der Waals surface area contributed by atoms with E-state index in [0.717, 1.165) is 0 Å². The highest BCUT2D eigenvalue weighted by Crippen LogP contribution is 2.17. The summed E-state index contributed by atoms with van der Waals surface area (Å²) in [5, 5.41) is 8.16. The quantitative estimate of drug-likeness (QED) is 0.492. The summed E-state index contributed by atoms with van der Waals surface area (Å²) in [6.45, 7) is 0.448. The number of nitrogens with one attached hydrogen (secondary N) is 3. The van der Waals surface area contributed by atoms with Gasteiger partial charge in [-0.15, -0.1) is 0 Å². The lowest BCUT2D eigenvalue weighted by Crippen LogP contribution is -2.31. The van der Waals surface area contributed by atoms with Crippen molar-refractivity contribution in [1.82, 2.24) is 10.6 Å². The largest absolute Gasteiger partial charge is 0.497 e. The fraction of sp³-hybridized carbons (Fsp3) is 0.174. The van der Waals surface area contributed by atoms with E-state index in [0.29, 0.717) is 34.9 Å². The van der Waals surface area contributed by atoms with Crippen molar-refractivity contribution in [3.63, 3.8) is 0 Å². The molecule has 0 bridgehead atoms. The van der Waals surface area contributed by atoms with E-state index in [9.17, 15) is 14.4 Å². The predicted molar refractivity (Wildman–Crippen MR) is 115 cm³/mol. The second kappa shape index (κ2) is 10.6. The maximum absolute atomic E-state index is 12.6. The molecule has 0 radical (unpaired) electrons. The Labute approximate surface area is 179 Å². The molecule has 31 heavy (non-hydrogen) atoms. The van der Waals surface area contributed by atoms with Crippen LogP contribution in [0.25, 0.3) is 0 Å². The van der Waals surface area contributed by atoms with Crippen molar-refractivity contribution in [3.8, 4) is 5.75 Å². The summed E-state index contributed by atoms with van der Waals surface area (Å²) >= 11 is 0. The molecule has 0 atom stereocenters.